The summed E-state index contributed by atoms with van der Waals surface area (Å²) in [6.45, 7) is 1.79. The molecule has 3 heterocycles. The molecule has 2 saturated heterocycles. The van der Waals surface area contributed by atoms with Crippen LogP contribution in [0.2, 0.25) is 0 Å². The first-order chi connectivity index (χ1) is 15.7. The van der Waals surface area contributed by atoms with Gasteiger partial charge in [-0.25, -0.2) is 9.97 Å². The summed E-state index contributed by atoms with van der Waals surface area (Å²) in [7, 11) is 0. The van der Waals surface area contributed by atoms with Crippen LogP contribution in [0.3, 0.4) is 0 Å². The number of Topliss-reactive ketones (excluding diaryl/α,β-unsaturated/α-hetero) is 1. The lowest BCUT2D eigenvalue weighted by atomic mass is 10.0. The zero-order valence-electron chi connectivity index (χ0n) is 17.6. The molecule has 2 atom stereocenters. The molecule has 0 unspecified atom stereocenters. The fourth-order valence-corrected chi connectivity index (χ4v) is 4.32. The van der Waals surface area contributed by atoms with Gasteiger partial charge in [0.1, 0.15) is 12.1 Å². The lowest BCUT2D eigenvalue weighted by Crippen LogP contribution is -2.36. The summed E-state index contributed by atoms with van der Waals surface area (Å²) in [5.41, 5.74) is 4.45. The molecule has 2 bridgehead atoms. The van der Waals surface area contributed by atoms with Crippen molar-refractivity contribution in [3.8, 4) is 17.3 Å². The Balaban J connectivity index is 1.26. The van der Waals surface area contributed by atoms with Gasteiger partial charge >= 0.3 is 0 Å². The molecule has 32 heavy (non-hydrogen) atoms. The number of fused-ring (bicyclic) bond motifs is 2. The summed E-state index contributed by atoms with van der Waals surface area (Å²) in [5.74, 6) is 0.673. The second-order valence-corrected chi connectivity index (χ2v) is 8.12. The molecule has 1 aromatic heterocycles. The van der Waals surface area contributed by atoms with Crippen molar-refractivity contribution >= 4 is 23.0 Å². The highest BCUT2D eigenvalue weighted by atomic mass is 16.5. The number of nitrogens with zero attached hydrogens (tertiary/aromatic N) is 4. The van der Waals surface area contributed by atoms with Crippen LogP contribution >= 0.6 is 0 Å². The molecule has 0 spiro atoms. The van der Waals surface area contributed by atoms with Crippen LogP contribution in [0, 0.1) is 11.3 Å². The van der Waals surface area contributed by atoms with Gasteiger partial charge in [-0.3, -0.25) is 4.79 Å². The van der Waals surface area contributed by atoms with Crippen LogP contribution in [0.1, 0.15) is 29.6 Å². The van der Waals surface area contributed by atoms with Gasteiger partial charge in [0.15, 0.2) is 5.78 Å². The zero-order chi connectivity index (χ0) is 21.9. The molecule has 2 aliphatic heterocycles. The summed E-state index contributed by atoms with van der Waals surface area (Å²) in [5, 5.41) is 12.0. The topological polar surface area (TPSA) is 91.1 Å². The lowest BCUT2D eigenvalue weighted by molar-refractivity contribution is 0.0983. The molecule has 2 fully saturated rings. The van der Waals surface area contributed by atoms with Gasteiger partial charge in [-0.1, -0.05) is 24.3 Å². The van der Waals surface area contributed by atoms with Gasteiger partial charge in [0.25, 0.3) is 0 Å². The second kappa shape index (κ2) is 8.77. The number of benzene rings is 2. The highest BCUT2D eigenvalue weighted by molar-refractivity contribution is 5.96. The normalized spacial score (nSPS) is 19.0. The number of hydrogen-bond donors (Lipinski definition) is 1. The second-order valence-electron chi connectivity index (χ2n) is 8.12. The van der Waals surface area contributed by atoms with E-state index in [0.29, 0.717) is 23.5 Å². The molecule has 2 aliphatic rings. The largest absolute Gasteiger partial charge is 0.374 e. The summed E-state index contributed by atoms with van der Waals surface area (Å²) >= 11 is 0. The van der Waals surface area contributed by atoms with Crippen LogP contribution in [0.5, 0.6) is 0 Å². The summed E-state index contributed by atoms with van der Waals surface area (Å²) in [6.07, 6.45) is 3.50. The predicted octanol–water partition coefficient (Wildman–Crippen LogP) is 4.35. The van der Waals surface area contributed by atoms with Gasteiger partial charge in [-0.05, 0) is 30.7 Å². The smallest absolute Gasteiger partial charge is 0.163 e. The third-order valence-electron chi connectivity index (χ3n) is 6.01. The Bertz CT molecular complexity index is 1150. The standard InChI is InChI=1S/C25H23N5O2/c26-11-1-2-24(31)18-5-3-17(4-6-18)23-13-25(28-16-27-23)29-19-7-9-20(10-8-19)30-14-22-12-21(30)15-32-22/h3-10,13,16,21-22H,1-2,12,14-15H2,(H,27,28,29)/t21-,22-/m0/s1. The molecular formula is C25H23N5O2. The number of nitriles is 1. The van der Waals surface area contributed by atoms with Gasteiger partial charge in [0.2, 0.25) is 0 Å². The summed E-state index contributed by atoms with van der Waals surface area (Å²) < 4.78 is 5.69. The van der Waals surface area contributed by atoms with E-state index >= 15 is 0 Å². The van der Waals surface area contributed by atoms with Crippen molar-refractivity contribution in [2.24, 2.45) is 0 Å². The number of hydrogen-bond acceptors (Lipinski definition) is 7. The lowest BCUT2D eigenvalue weighted by Gasteiger charge is -2.29. The molecule has 0 saturated carbocycles. The Hall–Kier alpha value is -3.76. The number of aromatic nitrogens is 2. The Labute approximate surface area is 186 Å². The fourth-order valence-electron chi connectivity index (χ4n) is 4.32. The molecule has 7 heteroatoms. The maximum absolute atomic E-state index is 12.1. The average Bonchev–Trinajstić information content (AvgIpc) is 3.47. The Morgan fingerprint density at radius 3 is 2.66 bits per heavy atom. The van der Waals surface area contributed by atoms with Crippen LogP contribution in [0.15, 0.2) is 60.9 Å². The van der Waals surface area contributed by atoms with Crippen LogP contribution in [0.25, 0.3) is 11.3 Å². The predicted molar refractivity (Wildman–Crippen MR) is 122 cm³/mol. The van der Waals surface area contributed by atoms with Crippen molar-refractivity contribution < 1.29 is 9.53 Å². The number of carbonyl (C=O) groups excluding carboxylic acids is 1. The van der Waals surface area contributed by atoms with E-state index in [-0.39, 0.29) is 18.6 Å². The molecule has 0 radical (unpaired) electrons. The van der Waals surface area contributed by atoms with E-state index in [4.69, 9.17) is 10.00 Å². The van der Waals surface area contributed by atoms with Gasteiger partial charge in [0.05, 0.1) is 30.5 Å². The van der Waals surface area contributed by atoms with Crippen molar-refractivity contribution in [3.63, 3.8) is 0 Å². The fraction of sp³-hybridized carbons (Fsp3) is 0.280. The number of rotatable bonds is 7. The monoisotopic (exact) mass is 425 g/mol. The highest BCUT2D eigenvalue weighted by Gasteiger charge is 2.38. The quantitative estimate of drug-likeness (QED) is 0.563. The Morgan fingerprint density at radius 1 is 1.16 bits per heavy atom. The number of ether oxygens (including phenoxy) is 1. The third kappa shape index (κ3) is 4.18. The SMILES string of the molecule is N#CCCC(=O)c1ccc(-c2cc(Nc3ccc(N4C[C@@H]5C[C@H]4CO5)cc3)ncn2)cc1. The summed E-state index contributed by atoms with van der Waals surface area (Å²) in [4.78, 5) is 23.2. The van der Waals surface area contributed by atoms with Gasteiger partial charge in [0, 0.05) is 48.0 Å². The first-order valence-corrected chi connectivity index (χ1v) is 10.8. The van der Waals surface area contributed by atoms with Gasteiger partial charge in [-0.15, -0.1) is 0 Å². The van der Waals surface area contributed by atoms with E-state index in [1.54, 1.807) is 12.1 Å². The van der Waals surface area contributed by atoms with Gasteiger partial charge in [-0.2, -0.15) is 5.26 Å². The number of morpholine rings is 1. The van der Waals surface area contributed by atoms with E-state index in [2.05, 4.69) is 44.5 Å². The third-order valence-corrected chi connectivity index (χ3v) is 6.01. The maximum Gasteiger partial charge on any atom is 0.163 e. The van der Waals surface area contributed by atoms with E-state index in [0.717, 1.165) is 36.5 Å². The van der Waals surface area contributed by atoms with E-state index < -0.39 is 0 Å². The number of anilines is 3. The first-order valence-electron chi connectivity index (χ1n) is 10.8. The van der Waals surface area contributed by atoms with Gasteiger partial charge < -0.3 is 15.0 Å². The highest BCUT2D eigenvalue weighted by Crippen LogP contribution is 2.33. The van der Waals surface area contributed by atoms with Crippen LogP contribution in [-0.4, -0.2) is 41.0 Å². The molecule has 0 aliphatic carbocycles. The maximum atomic E-state index is 12.1. The van der Waals surface area contributed by atoms with E-state index in [9.17, 15) is 4.79 Å². The van der Waals surface area contributed by atoms with Crippen LogP contribution in [-0.2, 0) is 4.74 Å². The molecule has 2 aromatic carbocycles. The Kier molecular flexibility index (Phi) is 5.53. The van der Waals surface area contributed by atoms with Crippen LogP contribution < -0.4 is 10.2 Å². The van der Waals surface area contributed by atoms with Crippen molar-refractivity contribution in [1.82, 2.24) is 9.97 Å². The van der Waals surface area contributed by atoms with Crippen molar-refractivity contribution in [2.45, 2.75) is 31.4 Å². The molecule has 0 amide bonds. The van der Waals surface area contributed by atoms with E-state index in [1.807, 2.05) is 24.3 Å². The number of ketones is 1. The van der Waals surface area contributed by atoms with Crippen LogP contribution in [0.4, 0.5) is 17.2 Å². The van der Waals surface area contributed by atoms with E-state index in [1.165, 1.54) is 12.0 Å². The van der Waals surface area contributed by atoms with Crippen molar-refractivity contribution in [2.75, 3.05) is 23.4 Å². The minimum absolute atomic E-state index is 0.0270. The molecule has 5 rings (SSSR count). The molecule has 3 aromatic rings. The van der Waals surface area contributed by atoms with Crippen molar-refractivity contribution in [3.05, 3.63) is 66.5 Å². The van der Waals surface area contributed by atoms with Crippen molar-refractivity contribution in [1.29, 1.82) is 5.26 Å². The summed E-state index contributed by atoms with van der Waals surface area (Å²) in [6, 6.07) is 20.1. The minimum atomic E-state index is -0.0270. The first kappa shape index (κ1) is 20.2. The number of carbonyl (C=O) groups is 1. The molecule has 160 valence electrons. The molecular weight excluding hydrogens is 402 g/mol. The zero-order valence-corrected chi connectivity index (χ0v) is 17.6. The molecule has 1 N–H and O–H groups in total. The number of nitrogens with one attached hydrogen (secondary N) is 1. The molecule has 7 nitrogen and oxygen atoms in total. The minimum Gasteiger partial charge on any atom is -0.374 e. The average molecular weight is 425 g/mol. The Morgan fingerprint density at radius 2 is 1.97 bits per heavy atom.